The van der Waals surface area contributed by atoms with Crippen molar-refractivity contribution < 1.29 is 14.1 Å². The molecule has 0 unspecified atom stereocenters. The third-order valence-corrected chi connectivity index (χ3v) is 5.51. The maximum atomic E-state index is 12.9. The number of nitrogens with one attached hydrogen (secondary N) is 1. The summed E-state index contributed by atoms with van der Waals surface area (Å²) in [4.78, 5) is 19.7. The van der Waals surface area contributed by atoms with Crippen molar-refractivity contribution in [3.05, 3.63) is 23.0 Å². The van der Waals surface area contributed by atoms with E-state index in [9.17, 15) is 4.79 Å². The number of carbonyl (C=O) groups excluding carboxylic acids is 1. The fourth-order valence-electron chi connectivity index (χ4n) is 4.07. The molecule has 4 heterocycles. The molecule has 2 aromatic rings. The predicted octanol–water partition coefficient (Wildman–Crippen LogP) is 2.07. The van der Waals surface area contributed by atoms with Crippen molar-refractivity contribution in [2.45, 2.75) is 52.3 Å². The number of rotatable bonds is 3. The number of nitrogens with zero attached hydrogens (tertiary/aromatic N) is 3. The second-order valence-electron chi connectivity index (χ2n) is 7.89. The zero-order valence-electron chi connectivity index (χ0n) is 15.8. The normalized spacial score (nSPS) is 26.4. The number of ether oxygens (including phenoxy) is 1. The highest BCUT2D eigenvalue weighted by atomic mass is 16.5. The van der Waals surface area contributed by atoms with Crippen molar-refractivity contribution in [1.29, 1.82) is 0 Å². The molecule has 26 heavy (non-hydrogen) atoms. The maximum absolute atomic E-state index is 12.9. The summed E-state index contributed by atoms with van der Waals surface area (Å²) >= 11 is 0. The Balaban J connectivity index is 1.49. The number of carbonyl (C=O) groups is 1. The molecule has 1 amide bonds. The SMILES string of the molecule is Cc1cc(C(=O)N[C@H]2C[C@H]3CO[C@@H](C(C)C)CN3C2)c2c(C)noc2n1. The standard InChI is InChI=1S/C19H26N4O3/c1-10(2)16-8-23-7-13(6-14(23)9-25-16)21-18(24)15-5-11(3)20-19-17(15)12(4)22-26-19/h5,10,13-14,16H,6-9H2,1-4H3,(H,21,24)/t13-,14-,16+/m0/s1. The highest BCUT2D eigenvalue weighted by molar-refractivity contribution is 6.06. The van der Waals surface area contributed by atoms with Gasteiger partial charge in [0.15, 0.2) is 0 Å². The van der Waals surface area contributed by atoms with Crippen LogP contribution >= 0.6 is 0 Å². The van der Waals surface area contributed by atoms with Gasteiger partial charge in [0.25, 0.3) is 11.6 Å². The van der Waals surface area contributed by atoms with Crippen LogP contribution in [0.5, 0.6) is 0 Å². The van der Waals surface area contributed by atoms with E-state index in [1.54, 1.807) is 0 Å². The number of amides is 1. The molecule has 2 aliphatic heterocycles. The van der Waals surface area contributed by atoms with Crippen molar-refractivity contribution >= 4 is 17.0 Å². The molecule has 3 atom stereocenters. The summed E-state index contributed by atoms with van der Waals surface area (Å²) in [5.74, 6) is 0.423. The number of hydrogen-bond donors (Lipinski definition) is 1. The van der Waals surface area contributed by atoms with Crippen LogP contribution in [0.15, 0.2) is 10.6 Å². The lowest BCUT2D eigenvalue weighted by molar-refractivity contribution is -0.0683. The fourth-order valence-corrected chi connectivity index (χ4v) is 4.07. The van der Waals surface area contributed by atoms with Crippen molar-refractivity contribution in [2.75, 3.05) is 19.7 Å². The molecule has 2 aliphatic rings. The van der Waals surface area contributed by atoms with Gasteiger partial charge < -0.3 is 14.6 Å². The van der Waals surface area contributed by atoms with E-state index in [1.807, 2.05) is 19.9 Å². The molecule has 140 valence electrons. The third-order valence-electron chi connectivity index (χ3n) is 5.51. The van der Waals surface area contributed by atoms with Gasteiger partial charge >= 0.3 is 0 Å². The Labute approximate surface area is 153 Å². The van der Waals surface area contributed by atoms with Gasteiger partial charge in [0, 0.05) is 30.9 Å². The average molecular weight is 358 g/mol. The molecule has 0 bridgehead atoms. The second kappa shape index (κ2) is 6.63. The Morgan fingerprint density at radius 3 is 2.92 bits per heavy atom. The van der Waals surface area contributed by atoms with Gasteiger partial charge in [-0.25, -0.2) is 4.98 Å². The molecule has 2 fully saturated rings. The first kappa shape index (κ1) is 17.4. The predicted molar refractivity (Wildman–Crippen MR) is 97.1 cm³/mol. The van der Waals surface area contributed by atoms with E-state index >= 15 is 0 Å². The molecule has 2 aromatic heterocycles. The van der Waals surface area contributed by atoms with Crippen LogP contribution in [0.2, 0.25) is 0 Å². The molecular formula is C19H26N4O3. The van der Waals surface area contributed by atoms with Crippen molar-refractivity contribution in [2.24, 2.45) is 5.92 Å². The lowest BCUT2D eigenvalue weighted by atomic mass is 10.0. The summed E-state index contributed by atoms with van der Waals surface area (Å²) < 4.78 is 11.2. The van der Waals surface area contributed by atoms with Gasteiger partial charge in [-0.3, -0.25) is 9.69 Å². The van der Waals surface area contributed by atoms with Gasteiger partial charge in [0.2, 0.25) is 0 Å². The second-order valence-corrected chi connectivity index (χ2v) is 7.89. The van der Waals surface area contributed by atoms with Crippen LogP contribution < -0.4 is 5.32 Å². The van der Waals surface area contributed by atoms with E-state index in [1.165, 1.54) is 0 Å². The van der Waals surface area contributed by atoms with Crippen LogP contribution in [-0.2, 0) is 4.74 Å². The largest absolute Gasteiger partial charge is 0.375 e. The van der Waals surface area contributed by atoms with E-state index in [2.05, 4.69) is 34.2 Å². The minimum absolute atomic E-state index is 0.0852. The number of fused-ring (bicyclic) bond motifs is 2. The first-order valence-corrected chi connectivity index (χ1v) is 9.32. The summed E-state index contributed by atoms with van der Waals surface area (Å²) in [7, 11) is 0. The summed E-state index contributed by atoms with van der Waals surface area (Å²) in [5.41, 5.74) is 2.45. The number of aryl methyl sites for hydroxylation is 2. The van der Waals surface area contributed by atoms with Crippen LogP contribution in [-0.4, -0.2) is 58.8 Å². The van der Waals surface area contributed by atoms with Crippen LogP contribution in [0.25, 0.3) is 11.1 Å². The van der Waals surface area contributed by atoms with Crippen LogP contribution in [0.1, 0.15) is 42.0 Å². The smallest absolute Gasteiger partial charge is 0.258 e. The molecule has 0 spiro atoms. The number of morpholine rings is 1. The molecule has 0 radical (unpaired) electrons. The van der Waals surface area contributed by atoms with Gasteiger partial charge in [0.05, 0.1) is 29.4 Å². The van der Waals surface area contributed by atoms with Crippen LogP contribution in [0.4, 0.5) is 0 Å². The number of pyridine rings is 1. The topological polar surface area (TPSA) is 80.5 Å². The monoisotopic (exact) mass is 358 g/mol. The summed E-state index contributed by atoms with van der Waals surface area (Å²) in [6.45, 7) is 10.6. The highest BCUT2D eigenvalue weighted by Gasteiger charge is 2.38. The van der Waals surface area contributed by atoms with Crippen LogP contribution in [0, 0.1) is 19.8 Å². The fraction of sp³-hybridized carbons (Fsp3) is 0.632. The zero-order valence-corrected chi connectivity index (χ0v) is 15.8. The Hall–Kier alpha value is -1.99. The Bertz CT molecular complexity index is 832. The van der Waals surface area contributed by atoms with Crippen LogP contribution in [0.3, 0.4) is 0 Å². The molecule has 1 N–H and O–H groups in total. The van der Waals surface area contributed by atoms with E-state index in [0.29, 0.717) is 34.3 Å². The molecule has 0 aromatic carbocycles. The Morgan fingerprint density at radius 2 is 2.15 bits per heavy atom. The molecule has 0 saturated carbocycles. The van der Waals surface area contributed by atoms with E-state index in [-0.39, 0.29) is 18.1 Å². The summed E-state index contributed by atoms with van der Waals surface area (Å²) in [5, 5.41) is 7.85. The van der Waals surface area contributed by atoms with E-state index in [0.717, 1.165) is 31.8 Å². The zero-order chi connectivity index (χ0) is 18.4. The molecular weight excluding hydrogens is 332 g/mol. The van der Waals surface area contributed by atoms with Crippen molar-refractivity contribution in [3.63, 3.8) is 0 Å². The quantitative estimate of drug-likeness (QED) is 0.905. The first-order chi connectivity index (χ1) is 12.4. The number of hydrogen-bond acceptors (Lipinski definition) is 6. The van der Waals surface area contributed by atoms with Gasteiger partial charge in [-0.2, -0.15) is 0 Å². The summed E-state index contributed by atoms with van der Waals surface area (Å²) in [6, 6.07) is 2.33. The minimum Gasteiger partial charge on any atom is -0.375 e. The van der Waals surface area contributed by atoms with E-state index in [4.69, 9.17) is 9.26 Å². The molecule has 2 saturated heterocycles. The Morgan fingerprint density at radius 1 is 1.35 bits per heavy atom. The lowest BCUT2D eigenvalue weighted by Gasteiger charge is -2.36. The van der Waals surface area contributed by atoms with Gasteiger partial charge in [-0.15, -0.1) is 0 Å². The van der Waals surface area contributed by atoms with Gasteiger partial charge in [0.1, 0.15) is 0 Å². The van der Waals surface area contributed by atoms with Gasteiger partial charge in [-0.1, -0.05) is 19.0 Å². The minimum atomic E-state index is -0.0852. The molecule has 0 aliphatic carbocycles. The van der Waals surface area contributed by atoms with E-state index < -0.39 is 0 Å². The third kappa shape index (κ3) is 3.10. The summed E-state index contributed by atoms with van der Waals surface area (Å²) in [6.07, 6.45) is 1.20. The van der Waals surface area contributed by atoms with Crippen molar-refractivity contribution in [3.8, 4) is 0 Å². The molecule has 4 rings (SSSR count). The molecule has 7 heteroatoms. The molecule has 7 nitrogen and oxygen atoms in total. The maximum Gasteiger partial charge on any atom is 0.258 e. The lowest BCUT2D eigenvalue weighted by Crippen LogP contribution is -2.48. The first-order valence-electron chi connectivity index (χ1n) is 9.32. The average Bonchev–Trinajstić information content (AvgIpc) is 3.16. The number of aromatic nitrogens is 2. The highest BCUT2D eigenvalue weighted by Crippen LogP contribution is 2.27. The van der Waals surface area contributed by atoms with Crippen molar-refractivity contribution in [1.82, 2.24) is 20.4 Å². The Kier molecular flexibility index (Phi) is 4.44. The van der Waals surface area contributed by atoms with Gasteiger partial charge in [-0.05, 0) is 32.3 Å².